The summed E-state index contributed by atoms with van der Waals surface area (Å²) < 4.78 is 12.3. The zero-order chi connectivity index (χ0) is 21.0. The van der Waals surface area contributed by atoms with E-state index in [9.17, 15) is 4.79 Å². The molecule has 0 aliphatic heterocycles. The van der Waals surface area contributed by atoms with Gasteiger partial charge in [-0.05, 0) is 50.1 Å². The summed E-state index contributed by atoms with van der Waals surface area (Å²) in [5, 5.41) is 7.39. The van der Waals surface area contributed by atoms with Crippen LogP contribution in [0.5, 0.6) is 11.5 Å². The smallest absolute Gasteiger partial charge is 0.247 e. The Morgan fingerprint density at radius 1 is 1.14 bits per heavy atom. The molecule has 0 saturated heterocycles. The second kappa shape index (κ2) is 8.34. The highest BCUT2D eigenvalue weighted by Gasteiger charge is 2.30. The third-order valence-corrected chi connectivity index (χ3v) is 4.96. The minimum absolute atomic E-state index is 0.135. The van der Waals surface area contributed by atoms with Crippen molar-refractivity contribution in [3.05, 3.63) is 60.2 Å². The minimum atomic E-state index is -0.864. The molecule has 1 N–H and O–H groups in total. The fraction of sp³-hybridized carbons (Fsp3) is 0.318. The summed E-state index contributed by atoms with van der Waals surface area (Å²) >= 11 is 0. The van der Waals surface area contributed by atoms with E-state index in [-0.39, 0.29) is 5.91 Å². The normalized spacial score (nSPS) is 11.2. The molecule has 2 aromatic heterocycles. The second-order valence-corrected chi connectivity index (χ2v) is 7.25. The molecule has 29 heavy (non-hydrogen) atoms. The van der Waals surface area contributed by atoms with Gasteiger partial charge in [-0.1, -0.05) is 12.1 Å². The number of rotatable bonds is 7. The van der Waals surface area contributed by atoms with E-state index in [2.05, 4.69) is 15.4 Å². The van der Waals surface area contributed by atoms with Gasteiger partial charge in [0.1, 0.15) is 5.54 Å². The van der Waals surface area contributed by atoms with Crippen molar-refractivity contribution in [1.82, 2.24) is 20.1 Å². The van der Waals surface area contributed by atoms with Crippen molar-refractivity contribution in [2.75, 3.05) is 14.2 Å². The highest BCUT2D eigenvalue weighted by molar-refractivity contribution is 5.83. The predicted octanol–water partition coefficient (Wildman–Crippen LogP) is 3.32. The highest BCUT2D eigenvalue weighted by atomic mass is 16.5. The van der Waals surface area contributed by atoms with Crippen molar-refractivity contribution in [3.63, 3.8) is 0 Å². The van der Waals surface area contributed by atoms with Gasteiger partial charge in [-0.15, -0.1) is 0 Å². The number of nitrogens with zero attached hydrogens (tertiary/aromatic N) is 3. The van der Waals surface area contributed by atoms with E-state index >= 15 is 0 Å². The molecule has 152 valence electrons. The number of ether oxygens (including phenoxy) is 2. The average molecular weight is 394 g/mol. The summed E-state index contributed by atoms with van der Waals surface area (Å²) in [5.41, 5.74) is 2.84. The second-order valence-electron chi connectivity index (χ2n) is 7.25. The lowest BCUT2D eigenvalue weighted by molar-refractivity contribution is -0.129. The highest BCUT2D eigenvalue weighted by Crippen LogP contribution is 2.32. The topological polar surface area (TPSA) is 78.3 Å². The third kappa shape index (κ3) is 4.23. The monoisotopic (exact) mass is 394 g/mol. The standard InChI is InChI=1S/C22H26N4O3/c1-15-7-6-10-23-18(15)13-24-21(27)22(2,3)26-14-17(12-25-26)16-8-9-19(28-4)20(11-16)29-5/h6-12,14H,13H2,1-5H3,(H,24,27). The van der Waals surface area contributed by atoms with Gasteiger partial charge in [0.05, 0.1) is 32.7 Å². The Morgan fingerprint density at radius 3 is 2.59 bits per heavy atom. The van der Waals surface area contributed by atoms with Crippen LogP contribution >= 0.6 is 0 Å². The summed E-state index contributed by atoms with van der Waals surface area (Å²) in [6.45, 7) is 6.01. The number of benzene rings is 1. The number of aryl methyl sites for hydroxylation is 1. The van der Waals surface area contributed by atoms with Crippen LogP contribution in [0.3, 0.4) is 0 Å². The Balaban J connectivity index is 1.77. The fourth-order valence-electron chi connectivity index (χ4n) is 2.98. The first-order valence-electron chi connectivity index (χ1n) is 9.33. The number of amides is 1. The average Bonchev–Trinajstić information content (AvgIpc) is 3.23. The molecule has 0 aliphatic rings. The first-order chi connectivity index (χ1) is 13.9. The maximum atomic E-state index is 12.8. The zero-order valence-electron chi connectivity index (χ0n) is 17.4. The van der Waals surface area contributed by atoms with Crippen molar-refractivity contribution in [2.24, 2.45) is 0 Å². The van der Waals surface area contributed by atoms with Crippen molar-refractivity contribution >= 4 is 5.91 Å². The summed E-state index contributed by atoms with van der Waals surface area (Å²) in [4.78, 5) is 17.2. The molecule has 0 radical (unpaired) electrons. The summed E-state index contributed by atoms with van der Waals surface area (Å²) in [6, 6.07) is 9.52. The SMILES string of the molecule is COc1ccc(-c2cnn(C(C)(C)C(=O)NCc3ncccc3C)c2)cc1OC. The number of carbonyl (C=O) groups is 1. The van der Waals surface area contributed by atoms with Gasteiger partial charge >= 0.3 is 0 Å². The Kier molecular flexibility index (Phi) is 5.87. The molecule has 1 aromatic carbocycles. The van der Waals surface area contributed by atoms with Gasteiger partial charge in [0, 0.05) is 18.0 Å². The molecule has 3 rings (SSSR count). The van der Waals surface area contributed by atoms with Crippen LogP contribution in [-0.4, -0.2) is 34.9 Å². The van der Waals surface area contributed by atoms with Gasteiger partial charge in [0.25, 0.3) is 0 Å². The van der Waals surface area contributed by atoms with Gasteiger partial charge in [0.15, 0.2) is 11.5 Å². The van der Waals surface area contributed by atoms with Gasteiger partial charge in [-0.25, -0.2) is 0 Å². The van der Waals surface area contributed by atoms with E-state index in [1.54, 1.807) is 31.3 Å². The lowest BCUT2D eigenvalue weighted by atomic mass is 10.0. The fourth-order valence-corrected chi connectivity index (χ4v) is 2.98. The van der Waals surface area contributed by atoms with Crippen LogP contribution < -0.4 is 14.8 Å². The third-order valence-electron chi connectivity index (χ3n) is 4.96. The Bertz CT molecular complexity index is 1010. The molecular weight excluding hydrogens is 368 g/mol. The van der Waals surface area contributed by atoms with Crippen LogP contribution in [0.15, 0.2) is 48.9 Å². The Hall–Kier alpha value is -3.35. The number of pyridine rings is 1. The maximum absolute atomic E-state index is 12.8. The predicted molar refractivity (Wildman–Crippen MR) is 111 cm³/mol. The summed E-state index contributed by atoms with van der Waals surface area (Å²) in [7, 11) is 3.20. The molecule has 1 amide bonds. The lowest BCUT2D eigenvalue weighted by Crippen LogP contribution is -2.44. The largest absolute Gasteiger partial charge is 0.493 e. The van der Waals surface area contributed by atoms with Crippen molar-refractivity contribution in [1.29, 1.82) is 0 Å². The van der Waals surface area contributed by atoms with E-state index in [4.69, 9.17) is 9.47 Å². The number of methoxy groups -OCH3 is 2. The van der Waals surface area contributed by atoms with Crippen LogP contribution in [0, 0.1) is 6.92 Å². The van der Waals surface area contributed by atoms with E-state index in [0.717, 1.165) is 22.4 Å². The van der Waals surface area contributed by atoms with Crippen molar-refractivity contribution < 1.29 is 14.3 Å². The first kappa shape index (κ1) is 20.4. The molecule has 0 fully saturated rings. The Labute approximate surface area is 170 Å². The molecule has 0 saturated carbocycles. The van der Waals surface area contributed by atoms with Crippen molar-refractivity contribution in [2.45, 2.75) is 32.9 Å². The van der Waals surface area contributed by atoms with Crippen LogP contribution in [0.2, 0.25) is 0 Å². The number of hydrogen-bond donors (Lipinski definition) is 1. The maximum Gasteiger partial charge on any atom is 0.247 e. The van der Waals surface area contributed by atoms with Crippen LogP contribution in [0.1, 0.15) is 25.1 Å². The van der Waals surface area contributed by atoms with Crippen LogP contribution in [0.4, 0.5) is 0 Å². The lowest BCUT2D eigenvalue weighted by Gasteiger charge is -2.24. The first-order valence-corrected chi connectivity index (χ1v) is 9.33. The number of aromatic nitrogens is 3. The van der Waals surface area contributed by atoms with Crippen molar-refractivity contribution in [3.8, 4) is 22.6 Å². The molecule has 0 unspecified atom stereocenters. The minimum Gasteiger partial charge on any atom is -0.493 e. The summed E-state index contributed by atoms with van der Waals surface area (Å²) in [5.74, 6) is 1.16. The van der Waals surface area contributed by atoms with E-state index in [0.29, 0.717) is 18.0 Å². The number of hydrogen-bond acceptors (Lipinski definition) is 5. The molecule has 0 aliphatic carbocycles. The molecule has 0 bridgehead atoms. The quantitative estimate of drug-likeness (QED) is 0.665. The van der Waals surface area contributed by atoms with E-state index in [1.165, 1.54) is 0 Å². The van der Waals surface area contributed by atoms with E-state index < -0.39 is 5.54 Å². The molecule has 0 spiro atoms. The molecule has 0 atom stereocenters. The number of nitrogens with one attached hydrogen (secondary N) is 1. The van der Waals surface area contributed by atoms with Gasteiger partial charge in [0.2, 0.25) is 5.91 Å². The molecule has 3 aromatic rings. The van der Waals surface area contributed by atoms with Gasteiger partial charge < -0.3 is 14.8 Å². The van der Waals surface area contributed by atoms with E-state index in [1.807, 2.05) is 57.3 Å². The summed E-state index contributed by atoms with van der Waals surface area (Å²) in [6.07, 6.45) is 5.31. The zero-order valence-corrected chi connectivity index (χ0v) is 17.4. The van der Waals surface area contributed by atoms with Gasteiger partial charge in [-0.2, -0.15) is 5.10 Å². The molecule has 2 heterocycles. The number of carbonyl (C=O) groups excluding carboxylic acids is 1. The van der Waals surface area contributed by atoms with Crippen LogP contribution in [-0.2, 0) is 16.9 Å². The molecule has 7 nitrogen and oxygen atoms in total. The molecular formula is C22H26N4O3. The Morgan fingerprint density at radius 2 is 1.90 bits per heavy atom. The van der Waals surface area contributed by atoms with Gasteiger partial charge in [-0.3, -0.25) is 14.5 Å². The molecule has 7 heteroatoms. The van der Waals surface area contributed by atoms with Crippen LogP contribution in [0.25, 0.3) is 11.1 Å².